The van der Waals surface area contributed by atoms with Crippen molar-refractivity contribution >= 4 is 5.97 Å². The molecule has 0 N–H and O–H groups in total. The number of carbonyl (C=O) groups excluding carboxylic acids is 1. The zero-order valence-electron chi connectivity index (χ0n) is 49.6. The van der Waals surface area contributed by atoms with Gasteiger partial charge in [-0.05, 0) is 106 Å². The van der Waals surface area contributed by atoms with E-state index in [1.807, 2.05) is 0 Å². The van der Waals surface area contributed by atoms with Gasteiger partial charge in [-0.1, -0.05) is 54.7 Å². The van der Waals surface area contributed by atoms with Crippen molar-refractivity contribution in [3.8, 4) is 0 Å². The van der Waals surface area contributed by atoms with E-state index in [4.69, 9.17) is 71.1 Å². The third-order valence-electron chi connectivity index (χ3n) is 22.9. The summed E-state index contributed by atoms with van der Waals surface area (Å²) in [5, 5.41) is 0. The molecule has 16 heterocycles. The van der Waals surface area contributed by atoms with Crippen LogP contribution in [0.2, 0.25) is 0 Å². The SMILES string of the molecule is C=C1C[C@@H]2CC[C@@]34CC5O[C@H]6[C@@H](O3)[C@H]3O[C@H](CC[C@@H]3O[C@H]6C5O4)CC(=O)O[C@@H]3[C@@H](C)[C@@H]4O[C@@H]5C[C@]6(C[C@@H]7O[C@]8(C[C@H](C)[C@@H]9O[C@H]([C@@H](C)C[C@@H](C)CN(C)C)C[C@@H]9O8)C[C@H](C)[C@@H]7O6)O[C@@H]5C[C@@H]4O[C@H]3C[C@H]3O[C@@H](CC[C@@H]1O2)C[C@@H](C)C3=C. The molecule has 452 valence electrons. The minimum atomic E-state index is -0.854. The summed E-state index contributed by atoms with van der Waals surface area (Å²) in [4.78, 5) is 16.9. The van der Waals surface area contributed by atoms with Crippen molar-refractivity contribution in [2.24, 2.45) is 35.5 Å². The molecule has 0 amide bonds. The van der Waals surface area contributed by atoms with Crippen molar-refractivity contribution in [3.05, 3.63) is 24.3 Å². The normalized spacial score (nSPS) is 56.2. The maximum absolute atomic E-state index is 14.6. The van der Waals surface area contributed by atoms with Crippen LogP contribution in [0.1, 0.15) is 157 Å². The van der Waals surface area contributed by atoms with Gasteiger partial charge in [-0.15, -0.1) is 0 Å². The maximum atomic E-state index is 14.6. The Kier molecular flexibility index (Phi) is 14.5. The number of carbonyl (C=O) groups is 1. The second-order valence-corrected chi connectivity index (χ2v) is 29.5. The minimum absolute atomic E-state index is 0.00223. The first kappa shape index (κ1) is 55.9. The molecule has 16 aliphatic rings. The predicted octanol–water partition coefficient (Wildman–Crippen LogP) is 8.05. The number of esters is 1. The van der Waals surface area contributed by atoms with E-state index in [0.29, 0.717) is 62.7 Å². The zero-order valence-corrected chi connectivity index (χ0v) is 49.6. The average molecular weight is 1130 g/mol. The van der Waals surface area contributed by atoms with E-state index in [1.54, 1.807) is 0 Å². The quantitative estimate of drug-likeness (QED) is 0.192. The molecule has 0 aromatic rings. The Labute approximate surface area is 480 Å². The summed E-state index contributed by atoms with van der Waals surface area (Å²) in [6.07, 6.45) is 8.24. The Balaban J connectivity index is 0.646. The summed E-state index contributed by atoms with van der Waals surface area (Å²) < 4.78 is 105. The van der Waals surface area contributed by atoms with Crippen LogP contribution < -0.4 is 0 Å². The molecule has 0 aromatic heterocycles. The second-order valence-electron chi connectivity index (χ2n) is 29.5. The van der Waals surface area contributed by atoms with Gasteiger partial charge in [0.15, 0.2) is 17.4 Å². The number of nitrogens with zero attached hydrogens (tertiary/aromatic N) is 1. The van der Waals surface area contributed by atoms with Crippen molar-refractivity contribution in [1.82, 2.24) is 4.90 Å². The Morgan fingerprint density at radius 1 is 0.506 bits per heavy atom. The van der Waals surface area contributed by atoms with Gasteiger partial charge in [0.1, 0.15) is 36.6 Å². The van der Waals surface area contributed by atoms with Crippen molar-refractivity contribution in [1.29, 1.82) is 0 Å². The molecule has 0 aliphatic carbocycles. The Morgan fingerprint density at radius 3 is 2.01 bits per heavy atom. The lowest BCUT2D eigenvalue weighted by molar-refractivity contribution is -0.347. The lowest BCUT2D eigenvalue weighted by atomic mass is 9.79. The highest BCUT2D eigenvalue weighted by Gasteiger charge is 2.70. The average Bonchev–Trinajstić information content (AvgIpc) is 2.59. The fraction of sp³-hybridized carbons (Fsp3) is 0.922. The van der Waals surface area contributed by atoms with Gasteiger partial charge in [-0.25, -0.2) is 0 Å². The smallest absolute Gasteiger partial charge is 0.308 e. The van der Waals surface area contributed by atoms with Crippen LogP contribution in [0.5, 0.6) is 0 Å². The summed E-state index contributed by atoms with van der Waals surface area (Å²) in [5.74, 6) is -1.08. The lowest BCUT2D eigenvalue weighted by Gasteiger charge is -2.51. The highest BCUT2D eigenvalue weighted by molar-refractivity contribution is 5.70. The van der Waals surface area contributed by atoms with Crippen molar-refractivity contribution in [2.75, 3.05) is 20.6 Å². The monoisotopic (exact) mass is 1130 g/mol. The topological polar surface area (TPSA) is 159 Å². The van der Waals surface area contributed by atoms with Gasteiger partial charge >= 0.3 is 5.97 Å². The van der Waals surface area contributed by atoms with E-state index < -0.39 is 35.7 Å². The molecule has 81 heavy (non-hydrogen) atoms. The first-order valence-electron chi connectivity index (χ1n) is 32.4. The van der Waals surface area contributed by atoms with E-state index in [0.717, 1.165) is 81.9 Å². The molecule has 16 rings (SSSR count). The predicted molar refractivity (Wildman–Crippen MR) is 292 cm³/mol. The number of ether oxygens (including phenoxy) is 15. The summed E-state index contributed by atoms with van der Waals surface area (Å²) in [7, 11) is 4.30. The van der Waals surface area contributed by atoms with Gasteiger partial charge in [0.2, 0.25) is 0 Å². The highest BCUT2D eigenvalue weighted by atomic mass is 16.8. The molecule has 17 heteroatoms. The first-order chi connectivity index (χ1) is 38.8. The molecule has 0 aromatic carbocycles. The number of fused-ring (bicyclic) bond motifs is 10. The molecule has 16 aliphatic heterocycles. The first-order valence-corrected chi connectivity index (χ1v) is 32.4. The zero-order chi connectivity index (χ0) is 55.6. The molecule has 0 saturated carbocycles. The Morgan fingerprint density at radius 2 is 1.17 bits per heavy atom. The van der Waals surface area contributed by atoms with Gasteiger partial charge < -0.3 is 76.0 Å². The van der Waals surface area contributed by atoms with Crippen LogP contribution in [0.4, 0.5) is 0 Å². The molecular weight excluding hydrogens is 1040 g/mol. The largest absolute Gasteiger partial charge is 0.459 e. The van der Waals surface area contributed by atoms with Crippen LogP contribution >= 0.6 is 0 Å². The van der Waals surface area contributed by atoms with E-state index in [9.17, 15) is 4.79 Å². The summed E-state index contributed by atoms with van der Waals surface area (Å²) in [6.45, 7) is 24.0. The third-order valence-corrected chi connectivity index (χ3v) is 22.9. The second kappa shape index (κ2) is 21.0. The summed E-state index contributed by atoms with van der Waals surface area (Å²) in [5.41, 5.74) is 2.19. The molecule has 3 spiro atoms. The summed E-state index contributed by atoms with van der Waals surface area (Å²) in [6, 6.07) is 0. The third kappa shape index (κ3) is 10.0. The molecule has 2 unspecified atom stereocenters. The molecule has 16 saturated heterocycles. The van der Waals surface area contributed by atoms with Gasteiger partial charge in [0.25, 0.3) is 0 Å². The molecular formula is C64H95NO16. The lowest BCUT2D eigenvalue weighted by Crippen LogP contribution is -2.62. The molecule has 32 atom stereocenters. The number of rotatable bonds is 5. The van der Waals surface area contributed by atoms with Crippen molar-refractivity contribution in [3.63, 3.8) is 0 Å². The van der Waals surface area contributed by atoms with E-state index >= 15 is 0 Å². The maximum Gasteiger partial charge on any atom is 0.308 e. The summed E-state index contributed by atoms with van der Waals surface area (Å²) >= 11 is 0. The molecule has 17 nitrogen and oxygen atoms in total. The molecule has 0 radical (unpaired) electrons. The Hall–Kier alpha value is -1.65. The highest BCUT2D eigenvalue weighted by Crippen LogP contribution is 2.58. The van der Waals surface area contributed by atoms with Crippen molar-refractivity contribution in [2.45, 2.75) is 315 Å². The van der Waals surface area contributed by atoms with Gasteiger partial charge in [-0.3, -0.25) is 4.79 Å². The van der Waals surface area contributed by atoms with Crippen LogP contribution in [0.3, 0.4) is 0 Å². The number of hydrogen-bond donors (Lipinski definition) is 0. The standard InChI is InChI=1S/C64H95NO16/c1-30(29-65(9)10)17-32(3)43-21-48-53(72-43)34(5)24-63(77-48)25-35(6)54-51(78-63)28-64(79-54)26-49-45(76-64)23-47-55(73-49)37(8)56-46(70-47)22-44-36(7)31(2)18-38(68-44)11-13-41-33(4)19-40(67-41)15-16-62-27-50-58(80-62)59-60(74-50)61(81-62)57-42(71-59)14-12-39(69-57)20-52(66)75-56/h30-32,34-35,37-51,53-61H,4,7,11-29H2,1-3,5-6,8-10H3/t30-,31-,32+,34+,35+,37+,38+,39-,40+,41+,42+,43+,44-,45-,46+,47+,48+,49-,50?,51+,53+,54+,55+,56-,57+,58?,59+,60-,61+,62+,63-,64+/m1/s1. The van der Waals surface area contributed by atoms with E-state index in [-0.39, 0.29) is 152 Å². The fourth-order valence-electron chi connectivity index (χ4n) is 19.3. The fourth-order valence-corrected chi connectivity index (χ4v) is 19.3. The van der Waals surface area contributed by atoms with Crippen LogP contribution in [-0.4, -0.2) is 189 Å². The van der Waals surface area contributed by atoms with E-state index in [1.165, 1.54) is 0 Å². The van der Waals surface area contributed by atoms with Gasteiger partial charge in [0, 0.05) is 70.3 Å². The van der Waals surface area contributed by atoms with Crippen LogP contribution in [0.25, 0.3) is 0 Å². The minimum Gasteiger partial charge on any atom is -0.459 e. The van der Waals surface area contributed by atoms with E-state index in [2.05, 4.69) is 73.7 Å². The van der Waals surface area contributed by atoms with Crippen LogP contribution in [-0.2, 0) is 75.8 Å². The number of hydrogen-bond acceptors (Lipinski definition) is 17. The van der Waals surface area contributed by atoms with Crippen LogP contribution in [0, 0.1) is 35.5 Å². The molecule has 16 fully saturated rings. The van der Waals surface area contributed by atoms with Crippen molar-refractivity contribution < 1.29 is 75.8 Å². The van der Waals surface area contributed by atoms with Crippen LogP contribution in [0.15, 0.2) is 24.3 Å². The molecule has 12 bridgehead atoms. The van der Waals surface area contributed by atoms with Gasteiger partial charge in [0.05, 0.1) is 110 Å². The Bertz CT molecular complexity index is 2390. The van der Waals surface area contributed by atoms with Gasteiger partial charge in [-0.2, -0.15) is 0 Å².